The van der Waals surface area contributed by atoms with Crippen LogP contribution in [0.4, 0.5) is 0 Å². The summed E-state index contributed by atoms with van der Waals surface area (Å²) in [6, 6.07) is 15.1. The first-order chi connectivity index (χ1) is 10.2. The van der Waals surface area contributed by atoms with Gasteiger partial charge in [0, 0.05) is 8.95 Å². The number of rotatable bonds is 4. The maximum atomic E-state index is 5.79. The van der Waals surface area contributed by atoms with Crippen molar-refractivity contribution in [2.24, 2.45) is 5.84 Å². The third-order valence-corrected chi connectivity index (χ3v) is 5.15. The largest absolute Gasteiger partial charge is 0.271 e. The first-order valence-corrected chi connectivity index (χ1v) is 8.78. The fourth-order valence-electron chi connectivity index (χ4n) is 2.83. The highest BCUT2D eigenvalue weighted by Crippen LogP contribution is 2.37. The van der Waals surface area contributed by atoms with Crippen LogP contribution in [0.3, 0.4) is 0 Å². The molecule has 4 heteroatoms. The summed E-state index contributed by atoms with van der Waals surface area (Å²) < 4.78 is 2.08. The van der Waals surface area contributed by atoms with Crippen LogP contribution >= 0.6 is 31.9 Å². The summed E-state index contributed by atoms with van der Waals surface area (Å²) in [4.78, 5) is 0. The Hall–Kier alpha value is -0.680. The van der Waals surface area contributed by atoms with Crippen molar-refractivity contribution in [3.8, 4) is 0 Å². The van der Waals surface area contributed by atoms with Gasteiger partial charge >= 0.3 is 0 Å². The standard InChI is InChI=1S/C17H18Br2N2/c18-15-8-14(9-16(19)10-15)17(21-20)13-6-4-12(5-7-13)11-2-1-3-11/h4-11,17,21H,1-3,20H2. The maximum Gasteiger partial charge on any atom is 0.0710 e. The SMILES string of the molecule is NNC(c1ccc(C2CCC2)cc1)c1cc(Br)cc(Br)c1. The van der Waals surface area contributed by atoms with Gasteiger partial charge in [0.25, 0.3) is 0 Å². The highest BCUT2D eigenvalue weighted by Gasteiger charge is 2.20. The molecule has 1 aliphatic carbocycles. The predicted molar refractivity (Wildman–Crippen MR) is 94.0 cm³/mol. The number of benzene rings is 2. The van der Waals surface area contributed by atoms with E-state index in [1.807, 2.05) is 6.07 Å². The van der Waals surface area contributed by atoms with Crippen LogP contribution in [-0.4, -0.2) is 0 Å². The van der Waals surface area contributed by atoms with Crippen molar-refractivity contribution in [1.29, 1.82) is 0 Å². The lowest BCUT2D eigenvalue weighted by atomic mass is 9.79. The molecule has 2 nitrogen and oxygen atoms in total. The molecule has 0 saturated heterocycles. The Labute approximate surface area is 142 Å². The summed E-state index contributed by atoms with van der Waals surface area (Å²) in [6.45, 7) is 0. The summed E-state index contributed by atoms with van der Waals surface area (Å²) in [6.07, 6.45) is 4.03. The number of hydrogen-bond donors (Lipinski definition) is 2. The summed E-state index contributed by atoms with van der Waals surface area (Å²) in [5, 5.41) is 0. The van der Waals surface area contributed by atoms with Crippen LogP contribution in [0.25, 0.3) is 0 Å². The first kappa shape index (κ1) is 15.2. The Balaban J connectivity index is 1.88. The van der Waals surface area contributed by atoms with Gasteiger partial charge in [-0.05, 0) is 53.6 Å². The van der Waals surface area contributed by atoms with Crippen molar-refractivity contribution in [2.45, 2.75) is 31.2 Å². The van der Waals surface area contributed by atoms with E-state index in [-0.39, 0.29) is 6.04 Å². The third-order valence-electron chi connectivity index (χ3n) is 4.23. The Morgan fingerprint density at radius 1 is 0.952 bits per heavy atom. The van der Waals surface area contributed by atoms with E-state index in [1.165, 1.54) is 30.4 Å². The molecule has 3 rings (SSSR count). The second-order valence-electron chi connectivity index (χ2n) is 5.60. The maximum absolute atomic E-state index is 5.79. The predicted octanol–water partition coefficient (Wildman–Crippen LogP) is 5.03. The lowest BCUT2D eigenvalue weighted by molar-refractivity contribution is 0.419. The quantitative estimate of drug-likeness (QED) is 0.548. The Morgan fingerprint density at radius 2 is 1.57 bits per heavy atom. The van der Waals surface area contributed by atoms with Crippen LogP contribution in [0.2, 0.25) is 0 Å². The van der Waals surface area contributed by atoms with Crippen LogP contribution in [-0.2, 0) is 0 Å². The van der Waals surface area contributed by atoms with Gasteiger partial charge in [-0.3, -0.25) is 5.84 Å². The molecule has 1 saturated carbocycles. The number of halogens is 2. The summed E-state index contributed by atoms with van der Waals surface area (Å²) >= 11 is 7.06. The smallest absolute Gasteiger partial charge is 0.0710 e. The van der Waals surface area contributed by atoms with Gasteiger partial charge in [0.05, 0.1) is 6.04 Å². The molecule has 0 radical (unpaired) electrons. The zero-order chi connectivity index (χ0) is 14.8. The number of nitrogens with two attached hydrogens (primary N) is 1. The van der Waals surface area contributed by atoms with Crippen LogP contribution in [0.15, 0.2) is 51.4 Å². The summed E-state index contributed by atoms with van der Waals surface area (Å²) in [5.41, 5.74) is 6.70. The van der Waals surface area contributed by atoms with E-state index < -0.39 is 0 Å². The van der Waals surface area contributed by atoms with Gasteiger partial charge in [-0.1, -0.05) is 62.5 Å². The van der Waals surface area contributed by atoms with Crippen molar-refractivity contribution in [2.75, 3.05) is 0 Å². The minimum Gasteiger partial charge on any atom is -0.271 e. The molecule has 0 aromatic heterocycles. The molecule has 1 fully saturated rings. The van der Waals surface area contributed by atoms with Gasteiger partial charge in [-0.2, -0.15) is 0 Å². The molecule has 3 N–H and O–H groups in total. The van der Waals surface area contributed by atoms with Crippen LogP contribution in [0.1, 0.15) is 47.9 Å². The molecule has 1 unspecified atom stereocenters. The molecule has 0 spiro atoms. The molecule has 2 aromatic rings. The summed E-state index contributed by atoms with van der Waals surface area (Å²) in [5.74, 6) is 6.56. The van der Waals surface area contributed by atoms with Crippen molar-refractivity contribution < 1.29 is 0 Å². The lowest BCUT2D eigenvalue weighted by Crippen LogP contribution is -2.28. The zero-order valence-corrected chi connectivity index (χ0v) is 14.8. The van der Waals surface area contributed by atoms with Gasteiger partial charge in [0.1, 0.15) is 0 Å². The second-order valence-corrected chi connectivity index (χ2v) is 7.43. The number of nitrogens with one attached hydrogen (secondary N) is 1. The van der Waals surface area contributed by atoms with Gasteiger partial charge in [0.15, 0.2) is 0 Å². The molecule has 0 aliphatic heterocycles. The fourth-order valence-corrected chi connectivity index (χ4v) is 4.16. The average Bonchev–Trinajstić information content (AvgIpc) is 2.38. The summed E-state index contributed by atoms with van der Waals surface area (Å²) in [7, 11) is 0. The van der Waals surface area contributed by atoms with E-state index in [0.29, 0.717) is 0 Å². The Morgan fingerprint density at radius 3 is 2.05 bits per heavy atom. The van der Waals surface area contributed by atoms with Crippen LogP contribution in [0.5, 0.6) is 0 Å². The van der Waals surface area contributed by atoms with Gasteiger partial charge in [-0.25, -0.2) is 5.43 Å². The second kappa shape index (κ2) is 6.61. The first-order valence-electron chi connectivity index (χ1n) is 7.19. The number of hydrogen-bond acceptors (Lipinski definition) is 2. The molecule has 0 heterocycles. The lowest BCUT2D eigenvalue weighted by Gasteiger charge is -2.26. The molecule has 110 valence electrons. The molecular formula is C17H18Br2N2. The van der Waals surface area contributed by atoms with E-state index in [4.69, 9.17) is 5.84 Å². The number of hydrazine groups is 1. The van der Waals surface area contributed by atoms with Crippen molar-refractivity contribution in [3.05, 3.63) is 68.1 Å². The van der Waals surface area contributed by atoms with Gasteiger partial charge in [0.2, 0.25) is 0 Å². The van der Waals surface area contributed by atoms with Gasteiger partial charge in [-0.15, -0.1) is 0 Å². The molecule has 1 aliphatic rings. The third kappa shape index (κ3) is 3.39. The van der Waals surface area contributed by atoms with Crippen LogP contribution in [0, 0.1) is 0 Å². The minimum absolute atomic E-state index is 0.00533. The Bertz CT molecular complexity index is 601. The van der Waals surface area contributed by atoms with Crippen molar-refractivity contribution in [3.63, 3.8) is 0 Å². The zero-order valence-electron chi connectivity index (χ0n) is 11.7. The molecule has 1 atom stereocenters. The van der Waals surface area contributed by atoms with E-state index in [9.17, 15) is 0 Å². The fraction of sp³-hybridized carbons (Fsp3) is 0.294. The Kier molecular flexibility index (Phi) is 4.79. The average molecular weight is 410 g/mol. The van der Waals surface area contributed by atoms with E-state index in [2.05, 4.69) is 73.7 Å². The topological polar surface area (TPSA) is 38.0 Å². The van der Waals surface area contributed by atoms with Crippen molar-refractivity contribution >= 4 is 31.9 Å². The normalized spacial score (nSPS) is 16.5. The molecule has 21 heavy (non-hydrogen) atoms. The molecular weight excluding hydrogens is 392 g/mol. The van der Waals surface area contributed by atoms with Crippen molar-refractivity contribution in [1.82, 2.24) is 5.43 Å². The molecule has 0 bridgehead atoms. The molecule has 2 aromatic carbocycles. The van der Waals surface area contributed by atoms with E-state index in [0.717, 1.165) is 20.4 Å². The highest BCUT2D eigenvalue weighted by atomic mass is 79.9. The van der Waals surface area contributed by atoms with E-state index in [1.54, 1.807) is 0 Å². The monoisotopic (exact) mass is 408 g/mol. The van der Waals surface area contributed by atoms with Gasteiger partial charge < -0.3 is 0 Å². The molecule has 0 amide bonds. The van der Waals surface area contributed by atoms with E-state index >= 15 is 0 Å². The highest BCUT2D eigenvalue weighted by molar-refractivity contribution is 9.11. The minimum atomic E-state index is -0.00533. The van der Waals surface area contributed by atoms with Crippen LogP contribution < -0.4 is 11.3 Å².